The van der Waals surface area contributed by atoms with Crippen molar-refractivity contribution in [3.05, 3.63) is 11.5 Å². The van der Waals surface area contributed by atoms with Crippen LogP contribution in [-0.4, -0.2) is 42.9 Å². The Morgan fingerprint density at radius 3 is 2.70 bits per heavy atom. The van der Waals surface area contributed by atoms with E-state index in [4.69, 9.17) is 4.52 Å². The number of nitrogens with zero attached hydrogens (tertiary/aromatic N) is 2. The molecule has 8 heteroatoms. The largest absolute Gasteiger partial charge is 0.360 e. The van der Waals surface area contributed by atoms with Gasteiger partial charge >= 0.3 is 0 Å². The van der Waals surface area contributed by atoms with Crippen LogP contribution in [0, 0.1) is 13.8 Å². The maximum atomic E-state index is 12.6. The highest BCUT2D eigenvalue weighted by Gasteiger charge is 2.34. The minimum atomic E-state index is -3.62. The first-order chi connectivity index (χ1) is 9.32. The van der Waals surface area contributed by atoms with Crippen molar-refractivity contribution in [3.8, 4) is 0 Å². The zero-order chi connectivity index (χ0) is 14.9. The summed E-state index contributed by atoms with van der Waals surface area (Å²) in [6, 6.07) is -0.142. The first-order valence-corrected chi connectivity index (χ1v) is 7.96. The number of rotatable bonds is 3. The zero-order valence-electron chi connectivity index (χ0n) is 11.8. The van der Waals surface area contributed by atoms with Gasteiger partial charge in [0.1, 0.15) is 10.6 Å². The molecule has 1 atom stereocenters. The monoisotopic (exact) mass is 301 g/mol. The second-order valence-corrected chi connectivity index (χ2v) is 6.93. The molecule has 1 aromatic heterocycles. The lowest BCUT2D eigenvalue weighted by atomic mass is 10.1. The van der Waals surface area contributed by atoms with Crippen LogP contribution in [0.1, 0.15) is 31.2 Å². The number of hydrogen-bond acceptors (Lipinski definition) is 5. The average molecular weight is 301 g/mol. The van der Waals surface area contributed by atoms with Crippen LogP contribution < -0.4 is 5.32 Å². The molecule has 1 unspecified atom stereocenters. The van der Waals surface area contributed by atoms with Crippen molar-refractivity contribution < 1.29 is 17.7 Å². The van der Waals surface area contributed by atoms with Crippen molar-refractivity contribution in [2.45, 2.75) is 44.6 Å². The molecular weight excluding hydrogens is 282 g/mol. The summed E-state index contributed by atoms with van der Waals surface area (Å²) in [4.78, 5) is 11.2. The summed E-state index contributed by atoms with van der Waals surface area (Å²) in [7, 11) is -3.62. The molecule has 1 aromatic rings. The van der Waals surface area contributed by atoms with Crippen molar-refractivity contribution in [3.63, 3.8) is 0 Å². The molecule has 0 aromatic carbocycles. The molecule has 1 amide bonds. The molecule has 0 aliphatic carbocycles. The van der Waals surface area contributed by atoms with Crippen LogP contribution in [0.5, 0.6) is 0 Å². The maximum Gasteiger partial charge on any atom is 0.248 e. The van der Waals surface area contributed by atoms with Crippen LogP contribution in [-0.2, 0) is 14.8 Å². The Bertz CT molecular complexity index is 589. The minimum Gasteiger partial charge on any atom is -0.360 e. The summed E-state index contributed by atoms with van der Waals surface area (Å²) in [5.41, 5.74) is 0.365. The summed E-state index contributed by atoms with van der Waals surface area (Å²) < 4.78 is 31.6. The lowest BCUT2D eigenvalue weighted by Gasteiger charge is -2.32. The van der Waals surface area contributed by atoms with E-state index in [1.54, 1.807) is 13.8 Å². The highest BCUT2D eigenvalue weighted by molar-refractivity contribution is 7.89. The van der Waals surface area contributed by atoms with Crippen molar-refractivity contribution in [2.75, 3.05) is 13.1 Å². The van der Waals surface area contributed by atoms with Crippen LogP contribution in [0.3, 0.4) is 0 Å². The van der Waals surface area contributed by atoms with E-state index >= 15 is 0 Å². The van der Waals surface area contributed by atoms with Gasteiger partial charge in [0.05, 0.1) is 0 Å². The predicted molar refractivity (Wildman–Crippen MR) is 71.6 cm³/mol. The van der Waals surface area contributed by atoms with E-state index in [2.05, 4.69) is 10.5 Å². The highest BCUT2D eigenvalue weighted by atomic mass is 32.2. The van der Waals surface area contributed by atoms with Gasteiger partial charge in [-0.15, -0.1) is 0 Å². The predicted octanol–water partition coefficient (Wildman–Crippen LogP) is 0.581. The third-order valence-electron chi connectivity index (χ3n) is 3.36. The fraction of sp³-hybridized carbons (Fsp3) is 0.667. The third kappa shape index (κ3) is 2.85. The van der Waals surface area contributed by atoms with Crippen molar-refractivity contribution in [2.24, 2.45) is 0 Å². The summed E-state index contributed by atoms with van der Waals surface area (Å²) >= 11 is 0. The lowest BCUT2D eigenvalue weighted by Crippen LogP contribution is -2.49. The lowest BCUT2D eigenvalue weighted by molar-refractivity contribution is -0.119. The molecule has 1 fully saturated rings. The number of piperidine rings is 1. The molecule has 0 bridgehead atoms. The summed E-state index contributed by atoms with van der Waals surface area (Å²) in [6.45, 7) is 5.36. The van der Waals surface area contributed by atoms with Gasteiger partial charge in [-0.05, 0) is 26.7 Å². The van der Waals surface area contributed by atoms with Gasteiger partial charge in [0, 0.05) is 26.1 Å². The first kappa shape index (κ1) is 15.0. The van der Waals surface area contributed by atoms with E-state index in [-0.39, 0.29) is 23.4 Å². The number of hydrogen-bond donors (Lipinski definition) is 1. The number of carbonyl (C=O) groups excluding carboxylic acids is 1. The second kappa shape index (κ2) is 5.53. The quantitative estimate of drug-likeness (QED) is 0.881. The van der Waals surface area contributed by atoms with E-state index in [0.717, 1.165) is 6.42 Å². The minimum absolute atomic E-state index is 0.140. The number of amides is 1. The van der Waals surface area contributed by atoms with Gasteiger partial charge in [0.2, 0.25) is 15.9 Å². The Morgan fingerprint density at radius 1 is 1.45 bits per heavy atom. The molecule has 7 nitrogen and oxygen atoms in total. The van der Waals surface area contributed by atoms with Gasteiger partial charge in [-0.2, -0.15) is 4.31 Å². The molecule has 0 saturated carbocycles. The average Bonchev–Trinajstić information content (AvgIpc) is 2.69. The number of aryl methyl sites for hydroxylation is 2. The summed E-state index contributed by atoms with van der Waals surface area (Å²) in [5.74, 6) is 0.149. The second-order valence-electron chi connectivity index (χ2n) is 5.06. The molecule has 0 spiro atoms. The number of aromatic nitrogens is 1. The molecule has 1 N–H and O–H groups in total. The smallest absolute Gasteiger partial charge is 0.248 e. The van der Waals surface area contributed by atoms with E-state index in [1.165, 1.54) is 11.2 Å². The molecule has 2 heterocycles. The Kier molecular flexibility index (Phi) is 4.14. The van der Waals surface area contributed by atoms with Gasteiger partial charge in [-0.1, -0.05) is 5.16 Å². The molecule has 2 rings (SSSR count). The standard InChI is InChI=1S/C12H19N3O4S/c1-8-12(9(2)19-14-8)20(17,18)15-6-4-5-11(7-15)13-10(3)16/h11H,4-7H2,1-3H3,(H,13,16). The van der Waals surface area contributed by atoms with Crippen LogP contribution in [0.25, 0.3) is 0 Å². The first-order valence-electron chi connectivity index (χ1n) is 6.52. The fourth-order valence-electron chi connectivity index (χ4n) is 2.54. The molecule has 1 aliphatic rings. The number of carbonyl (C=O) groups is 1. The van der Waals surface area contributed by atoms with Gasteiger partial charge in [0.15, 0.2) is 5.76 Å². The van der Waals surface area contributed by atoms with E-state index in [9.17, 15) is 13.2 Å². The highest BCUT2D eigenvalue weighted by Crippen LogP contribution is 2.25. The molecule has 20 heavy (non-hydrogen) atoms. The number of nitrogens with one attached hydrogen (secondary N) is 1. The van der Waals surface area contributed by atoms with Crippen LogP contribution in [0.4, 0.5) is 0 Å². The Hall–Kier alpha value is -1.41. The third-order valence-corrected chi connectivity index (χ3v) is 5.47. The van der Waals surface area contributed by atoms with Gasteiger partial charge in [-0.3, -0.25) is 4.79 Å². The SMILES string of the molecule is CC(=O)NC1CCCN(S(=O)(=O)c2c(C)noc2C)C1. The van der Waals surface area contributed by atoms with E-state index in [0.29, 0.717) is 24.4 Å². The molecule has 0 radical (unpaired) electrons. The van der Waals surface area contributed by atoms with Crippen LogP contribution >= 0.6 is 0 Å². The van der Waals surface area contributed by atoms with Gasteiger partial charge < -0.3 is 9.84 Å². The fourth-order valence-corrected chi connectivity index (χ4v) is 4.35. The molecular formula is C12H19N3O4S. The van der Waals surface area contributed by atoms with Crippen molar-refractivity contribution in [1.82, 2.24) is 14.8 Å². The van der Waals surface area contributed by atoms with E-state index in [1.807, 2.05) is 0 Å². The van der Waals surface area contributed by atoms with Crippen molar-refractivity contribution >= 4 is 15.9 Å². The maximum absolute atomic E-state index is 12.6. The summed E-state index contributed by atoms with van der Waals surface area (Å²) in [6.07, 6.45) is 1.50. The Labute approximate surface area is 118 Å². The molecule has 112 valence electrons. The van der Waals surface area contributed by atoms with Crippen LogP contribution in [0.15, 0.2) is 9.42 Å². The Morgan fingerprint density at radius 2 is 2.15 bits per heavy atom. The Balaban J connectivity index is 2.24. The van der Waals surface area contributed by atoms with E-state index < -0.39 is 10.0 Å². The summed E-state index contributed by atoms with van der Waals surface area (Å²) in [5, 5.41) is 6.47. The van der Waals surface area contributed by atoms with Gasteiger partial charge in [0.25, 0.3) is 0 Å². The number of sulfonamides is 1. The topological polar surface area (TPSA) is 92.5 Å². The molecule has 1 saturated heterocycles. The zero-order valence-corrected chi connectivity index (χ0v) is 12.7. The van der Waals surface area contributed by atoms with Crippen LogP contribution in [0.2, 0.25) is 0 Å². The van der Waals surface area contributed by atoms with Crippen molar-refractivity contribution in [1.29, 1.82) is 0 Å². The normalized spacial score (nSPS) is 20.9. The molecule has 1 aliphatic heterocycles. The van der Waals surface area contributed by atoms with Gasteiger partial charge in [-0.25, -0.2) is 8.42 Å².